The molecule has 0 heterocycles. The number of methoxy groups -OCH3 is 1. The van der Waals surface area contributed by atoms with Gasteiger partial charge in [0.15, 0.2) is 0 Å². The van der Waals surface area contributed by atoms with E-state index in [9.17, 15) is 18.0 Å². The van der Waals surface area contributed by atoms with Crippen LogP contribution in [0, 0.1) is 13.8 Å². The molecule has 38 heavy (non-hydrogen) atoms. The molecule has 3 aromatic rings. The highest BCUT2D eigenvalue weighted by molar-refractivity contribution is 7.92. The molecule has 0 saturated heterocycles. The van der Waals surface area contributed by atoms with Crippen LogP contribution in [0.2, 0.25) is 0 Å². The Morgan fingerprint density at radius 3 is 2.32 bits per heavy atom. The number of hydrogen-bond donors (Lipinski definition) is 1. The number of likely N-dealkylation sites (N-methyl/N-ethyl adjacent to an activating group) is 1. The summed E-state index contributed by atoms with van der Waals surface area (Å²) in [5.41, 5.74) is 2.73. The summed E-state index contributed by atoms with van der Waals surface area (Å²) in [5.74, 6) is -0.205. The highest BCUT2D eigenvalue weighted by atomic mass is 32.2. The number of anilines is 1. The first kappa shape index (κ1) is 28.7. The molecule has 0 unspecified atom stereocenters. The Labute approximate surface area is 225 Å². The van der Waals surface area contributed by atoms with Crippen molar-refractivity contribution in [2.75, 3.05) is 25.0 Å². The van der Waals surface area contributed by atoms with Gasteiger partial charge in [0.25, 0.3) is 10.0 Å². The summed E-state index contributed by atoms with van der Waals surface area (Å²) in [6.45, 7) is 5.12. The van der Waals surface area contributed by atoms with E-state index < -0.39 is 28.5 Å². The van der Waals surface area contributed by atoms with Crippen molar-refractivity contribution in [2.24, 2.45) is 0 Å². The van der Waals surface area contributed by atoms with Crippen molar-refractivity contribution >= 4 is 27.5 Å². The van der Waals surface area contributed by atoms with Gasteiger partial charge in [-0.25, -0.2) is 8.42 Å². The third-order valence-electron chi connectivity index (χ3n) is 6.36. The van der Waals surface area contributed by atoms with Gasteiger partial charge in [-0.15, -0.1) is 0 Å². The molecule has 3 rings (SSSR count). The van der Waals surface area contributed by atoms with Crippen molar-refractivity contribution in [1.82, 2.24) is 10.2 Å². The van der Waals surface area contributed by atoms with Crippen LogP contribution in [0.25, 0.3) is 0 Å². The maximum Gasteiger partial charge on any atom is 0.264 e. The molecule has 3 aromatic carbocycles. The first-order chi connectivity index (χ1) is 18.1. The van der Waals surface area contributed by atoms with Gasteiger partial charge >= 0.3 is 0 Å². The molecule has 0 aromatic heterocycles. The van der Waals surface area contributed by atoms with Crippen LogP contribution in [0.1, 0.15) is 30.0 Å². The summed E-state index contributed by atoms with van der Waals surface area (Å²) in [7, 11) is -1.03. The van der Waals surface area contributed by atoms with Crippen LogP contribution in [0.4, 0.5) is 5.69 Å². The summed E-state index contributed by atoms with van der Waals surface area (Å²) >= 11 is 0. The molecular weight excluding hydrogens is 502 g/mol. The average Bonchev–Trinajstić information content (AvgIpc) is 2.93. The van der Waals surface area contributed by atoms with Crippen molar-refractivity contribution in [2.45, 2.75) is 44.7 Å². The van der Waals surface area contributed by atoms with E-state index in [1.54, 1.807) is 56.5 Å². The number of ether oxygens (including phenoxy) is 1. The lowest BCUT2D eigenvalue weighted by molar-refractivity contribution is -0.140. The Morgan fingerprint density at radius 2 is 1.68 bits per heavy atom. The van der Waals surface area contributed by atoms with E-state index in [1.807, 2.05) is 32.0 Å². The maximum absolute atomic E-state index is 14.0. The number of amides is 2. The maximum atomic E-state index is 14.0. The lowest BCUT2D eigenvalue weighted by atomic mass is 10.1. The number of nitrogens with one attached hydrogen (secondary N) is 1. The fourth-order valence-corrected chi connectivity index (χ4v) is 5.77. The van der Waals surface area contributed by atoms with Crippen LogP contribution >= 0.6 is 0 Å². The molecule has 2 amide bonds. The largest absolute Gasteiger partial charge is 0.497 e. The van der Waals surface area contributed by atoms with Gasteiger partial charge in [-0.2, -0.15) is 0 Å². The smallest absolute Gasteiger partial charge is 0.264 e. The number of nitrogens with zero attached hydrogens (tertiary/aromatic N) is 2. The normalized spacial score (nSPS) is 11.9. The molecule has 1 N–H and O–H groups in total. The van der Waals surface area contributed by atoms with Crippen molar-refractivity contribution in [3.8, 4) is 5.75 Å². The number of sulfonamides is 1. The zero-order valence-electron chi connectivity index (χ0n) is 22.5. The number of carbonyl (C=O) groups excluding carboxylic acids is 2. The predicted molar refractivity (Wildman–Crippen MR) is 149 cm³/mol. The SMILES string of the molecule is CC[C@@H](C(=O)NC)N(Cc1cccc(OC)c1)C(=O)CN(c1cc(C)ccc1C)S(=O)(=O)c1ccccc1. The van der Waals surface area contributed by atoms with Crippen LogP contribution in [-0.2, 0) is 26.2 Å². The van der Waals surface area contributed by atoms with Gasteiger partial charge in [-0.05, 0) is 67.3 Å². The number of aryl methyl sites for hydroxylation is 2. The third-order valence-corrected chi connectivity index (χ3v) is 8.14. The first-order valence-corrected chi connectivity index (χ1v) is 13.8. The highest BCUT2D eigenvalue weighted by Crippen LogP contribution is 2.28. The minimum Gasteiger partial charge on any atom is -0.497 e. The van der Waals surface area contributed by atoms with E-state index in [1.165, 1.54) is 24.1 Å². The lowest BCUT2D eigenvalue weighted by Gasteiger charge is -2.33. The zero-order valence-corrected chi connectivity index (χ0v) is 23.3. The van der Waals surface area contributed by atoms with Gasteiger partial charge < -0.3 is 15.0 Å². The molecule has 0 aliphatic carbocycles. The van der Waals surface area contributed by atoms with Crippen LogP contribution in [-0.4, -0.2) is 51.9 Å². The van der Waals surface area contributed by atoms with Gasteiger partial charge in [0.2, 0.25) is 11.8 Å². The van der Waals surface area contributed by atoms with Crippen LogP contribution in [0.5, 0.6) is 5.75 Å². The van der Waals surface area contributed by atoms with Gasteiger partial charge in [0.05, 0.1) is 17.7 Å². The van der Waals surface area contributed by atoms with Crippen LogP contribution < -0.4 is 14.4 Å². The Bertz CT molecular complexity index is 1380. The highest BCUT2D eigenvalue weighted by Gasteiger charge is 2.34. The van der Waals surface area contributed by atoms with Gasteiger partial charge in [-0.1, -0.05) is 49.4 Å². The molecule has 0 spiro atoms. The molecule has 0 bridgehead atoms. The molecular formula is C29H35N3O5S. The lowest BCUT2D eigenvalue weighted by Crippen LogP contribution is -2.51. The number of rotatable bonds is 11. The molecule has 1 atom stereocenters. The summed E-state index contributed by atoms with van der Waals surface area (Å²) in [6.07, 6.45) is 0.351. The minimum atomic E-state index is -4.10. The second kappa shape index (κ2) is 12.6. The molecule has 0 saturated carbocycles. The number of hydrogen-bond acceptors (Lipinski definition) is 5. The fraction of sp³-hybridized carbons (Fsp3) is 0.310. The van der Waals surface area contributed by atoms with E-state index in [0.29, 0.717) is 23.4 Å². The Kier molecular flexibility index (Phi) is 9.52. The quantitative estimate of drug-likeness (QED) is 0.398. The standard InChI is InChI=1S/C29H35N3O5S/c1-6-26(29(34)30-4)31(19-23-11-10-12-24(18-23)37-5)28(33)20-32(27-17-21(2)15-16-22(27)3)38(35,36)25-13-8-7-9-14-25/h7-18,26H,6,19-20H2,1-5H3,(H,30,34)/t26-/m0/s1. The number of carbonyl (C=O) groups is 2. The van der Waals surface area contributed by atoms with Crippen LogP contribution in [0.15, 0.2) is 77.7 Å². The van der Waals surface area contributed by atoms with E-state index >= 15 is 0 Å². The van der Waals surface area contributed by atoms with E-state index in [0.717, 1.165) is 15.4 Å². The summed E-state index contributed by atoms with van der Waals surface area (Å²) < 4.78 is 34.2. The Hall–Kier alpha value is -3.85. The van der Waals surface area contributed by atoms with Gasteiger partial charge in [0.1, 0.15) is 18.3 Å². The number of benzene rings is 3. The third kappa shape index (κ3) is 6.52. The fourth-order valence-electron chi connectivity index (χ4n) is 4.27. The van der Waals surface area contributed by atoms with Crippen LogP contribution in [0.3, 0.4) is 0 Å². The van der Waals surface area contributed by atoms with E-state index in [2.05, 4.69) is 5.32 Å². The predicted octanol–water partition coefficient (Wildman–Crippen LogP) is 4.06. The van der Waals surface area contributed by atoms with Gasteiger partial charge in [-0.3, -0.25) is 13.9 Å². The minimum absolute atomic E-state index is 0.0754. The Balaban J connectivity index is 2.09. The molecule has 0 aliphatic rings. The van der Waals surface area contributed by atoms with Gasteiger partial charge in [0, 0.05) is 13.6 Å². The Morgan fingerprint density at radius 1 is 0.974 bits per heavy atom. The second-order valence-corrected chi connectivity index (χ2v) is 10.9. The van der Waals surface area contributed by atoms with Crippen molar-refractivity contribution < 1.29 is 22.7 Å². The van der Waals surface area contributed by atoms with E-state index in [4.69, 9.17) is 4.74 Å². The van der Waals surface area contributed by atoms with Crippen molar-refractivity contribution in [1.29, 1.82) is 0 Å². The summed E-state index contributed by atoms with van der Waals surface area (Å²) in [5, 5.41) is 2.63. The molecule has 0 aliphatic heterocycles. The zero-order chi connectivity index (χ0) is 27.9. The molecule has 0 radical (unpaired) electrons. The summed E-state index contributed by atoms with van der Waals surface area (Å²) in [6, 6.07) is 19.9. The molecule has 8 nitrogen and oxygen atoms in total. The van der Waals surface area contributed by atoms with E-state index in [-0.39, 0.29) is 17.3 Å². The monoisotopic (exact) mass is 537 g/mol. The molecule has 9 heteroatoms. The second-order valence-electron chi connectivity index (χ2n) is 9.03. The topological polar surface area (TPSA) is 96.0 Å². The summed E-state index contributed by atoms with van der Waals surface area (Å²) in [4.78, 5) is 28.3. The first-order valence-electron chi connectivity index (χ1n) is 12.4. The molecule has 202 valence electrons. The van der Waals surface area contributed by atoms with Crippen molar-refractivity contribution in [3.05, 3.63) is 89.5 Å². The average molecular weight is 538 g/mol. The molecule has 0 fully saturated rings. The van der Waals surface area contributed by atoms with Crippen molar-refractivity contribution in [3.63, 3.8) is 0 Å².